The lowest BCUT2D eigenvalue weighted by atomic mass is 9.79. The van der Waals surface area contributed by atoms with Crippen LogP contribution in [-0.4, -0.2) is 35.0 Å². The van der Waals surface area contributed by atoms with E-state index in [1.54, 1.807) is 11.8 Å². The van der Waals surface area contributed by atoms with Gasteiger partial charge in [0.05, 0.1) is 5.41 Å². The molecule has 0 spiro atoms. The highest BCUT2D eigenvalue weighted by Crippen LogP contribution is 2.30. The first-order chi connectivity index (χ1) is 7.91. The highest BCUT2D eigenvalue weighted by atomic mass is 32.2. The number of thioether (sulfide) groups is 1. The molecule has 0 rings (SSSR count). The molecule has 0 saturated carbocycles. The van der Waals surface area contributed by atoms with Gasteiger partial charge in [0.25, 0.3) is 0 Å². The van der Waals surface area contributed by atoms with E-state index in [1.165, 1.54) is 0 Å². The third kappa shape index (κ3) is 4.98. The number of hydrogen-bond donors (Lipinski definition) is 2. The van der Waals surface area contributed by atoms with Crippen molar-refractivity contribution in [1.82, 2.24) is 5.32 Å². The van der Waals surface area contributed by atoms with Crippen LogP contribution in [0.3, 0.4) is 0 Å². The van der Waals surface area contributed by atoms with Gasteiger partial charge in [-0.3, -0.25) is 9.59 Å². The molecule has 0 aromatic rings. The molecule has 0 aliphatic heterocycles. The number of nitrogens with one attached hydrogen (secondary N) is 1. The average Bonchev–Trinajstić information content (AvgIpc) is 2.32. The molecular weight excluding hydrogens is 238 g/mol. The zero-order chi connectivity index (χ0) is 13.5. The van der Waals surface area contributed by atoms with Crippen LogP contribution in [0.15, 0.2) is 0 Å². The molecule has 1 amide bonds. The standard InChI is InChI=1S/C12H23NO3S/c1-5-12(6-2,11(15)16)7-10(14)13-8-9(3)17-4/h9H,5-8H2,1-4H3,(H,13,14)(H,15,16). The molecule has 17 heavy (non-hydrogen) atoms. The number of amides is 1. The maximum Gasteiger partial charge on any atom is 0.310 e. The van der Waals surface area contributed by atoms with Crippen molar-refractivity contribution in [2.45, 2.75) is 45.3 Å². The van der Waals surface area contributed by atoms with E-state index < -0.39 is 11.4 Å². The minimum absolute atomic E-state index is 0.0659. The molecule has 5 heteroatoms. The van der Waals surface area contributed by atoms with Crippen molar-refractivity contribution in [3.8, 4) is 0 Å². The van der Waals surface area contributed by atoms with E-state index in [0.29, 0.717) is 24.6 Å². The average molecular weight is 261 g/mol. The molecule has 2 N–H and O–H groups in total. The molecule has 0 saturated heterocycles. The van der Waals surface area contributed by atoms with Gasteiger partial charge >= 0.3 is 5.97 Å². The van der Waals surface area contributed by atoms with Crippen LogP contribution >= 0.6 is 11.8 Å². The molecule has 0 bridgehead atoms. The topological polar surface area (TPSA) is 66.4 Å². The number of rotatable bonds is 8. The Kier molecular flexibility index (Phi) is 7.27. The molecule has 0 radical (unpaired) electrons. The summed E-state index contributed by atoms with van der Waals surface area (Å²) in [5.41, 5.74) is -0.910. The van der Waals surface area contributed by atoms with Crippen molar-refractivity contribution in [1.29, 1.82) is 0 Å². The summed E-state index contributed by atoms with van der Waals surface area (Å²) in [5.74, 6) is -1.05. The lowest BCUT2D eigenvalue weighted by Gasteiger charge is -2.26. The third-order valence-electron chi connectivity index (χ3n) is 3.30. The second-order valence-electron chi connectivity index (χ2n) is 4.32. The predicted molar refractivity (Wildman–Crippen MR) is 71.3 cm³/mol. The monoisotopic (exact) mass is 261 g/mol. The first-order valence-electron chi connectivity index (χ1n) is 5.94. The fourth-order valence-corrected chi connectivity index (χ4v) is 1.84. The number of carbonyl (C=O) groups is 2. The van der Waals surface area contributed by atoms with Gasteiger partial charge in [0.15, 0.2) is 0 Å². The van der Waals surface area contributed by atoms with Gasteiger partial charge in [-0.05, 0) is 19.1 Å². The Morgan fingerprint density at radius 3 is 2.24 bits per heavy atom. The second kappa shape index (κ2) is 7.58. The summed E-state index contributed by atoms with van der Waals surface area (Å²) in [4.78, 5) is 22.9. The Balaban J connectivity index is 4.37. The minimum Gasteiger partial charge on any atom is -0.481 e. The van der Waals surface area contributed by atoms with Crippen LogP contribution < -0.4 is 5.32 Å². The predicted octanol–water partition coefficient (Wildman–Crippen LogP) is 2.14. The first-order valence-corrected chi connectivity index (χ1v) is 7.23. The fraction of sp³-hybridized carbons (Fsp3) is 0.833. The van der Waals surface area contributed by atoms with Gasteiger partial charge < -0.3 is 10.4 Å². The molecule has 0 fully saturated rings. The van der Waals surface area contributed by atoms with Crippen LogP contribution in [0.5, 0.6) is 0 Å². The maximum atomic E-state index is 11.7. The molecule has 0 aromatic carbocycles. The Morgan fingerprint density at radius 2 is 1.88 bits per heavy atom. The minimum atomic E-state index is -0.910. The largest absolute Gasteiger partial charge is 0.481 e. The molecule has 4 nitrogen and oxygen atoms in total. The summed E-state index contributed by atoms with van der Waals surface area (Å²) in [7, 11) is 0. The van der Waals surface area contributed by atoms with E-state index in [4.69, 9.17) is 0 Å². The summed E-state index contributed by atoms with van der Waals surface area (Å²) in [6.07, 6.45) is 3.00. The zero-order valence-corrected chi connectivity index (χ0v) is 11.9. The second-order valence-corrected chi connectivity index (χ2v) is 5.60. The maximum absolute atomic E-state index is 11.7. The molecule has 0 heterocycles. The van der Waals surface area contributed by atoms with Crippen LogP contribution in [0.4, 0.5) is 0 Å². The van der Waals surface area contributed by atoms with E-state index >= 15 is 0 Å². The molecule has 1 unspecified atom stereocenters. The number of carboxylic acids is 1. The van der Waals surface area contributed by atoms with E-state index in [-0.39, 0.29) is 12.3 Å². The van der Waals surface area contributed by atoms with Crippen LogP contribution in [0.1, 0.15) is 40.0 Å². The first kappa shape index (κ1) is 16.3. The van der Waals surface area contributed by atoms with E-state index in [2.05, 4.69) is 5.32 Å². The molecule has 0 aromatic heterocycles. The van der Waals surface area contributed by atoms with Crippen LogP contribution in [0.2, 0.25) is 0 Å². The molecule has 0 aliphatic rings. The van der Waals surface area contributed by atoms with Gasteiger partial charge in [0.2, 0.25) is 5.91 Å². The number of carbonyl (C=O) groups excluding carboxylic acids is 1. The van der Waals surface area contributed by atoms with Crippen LogP contribution in [0.25, 0.3) is 0 Å². The highest BCUT2D eigenvalue weighted by Gasteiger charge is 2.37. The number of hydrogen-bond acceptors (Lipinski definition) is 3. The summed E-state index contributed by atoms with van der Waals surface area (Å²) >= 11 is 1.67. The van der Waals surface area contributed by atoms with Crippen LogP contribution in [0, 0.1) is 5.41 Å². The summed E-state index contributed by atoms with van der Waals surface area (Å²) in [6.45, 7) is 6.24. The number of carboxylic acid groups (broad SMARTS) is 1. The van der Waals surface area contributed by atoms with Crippen molar-refractivity contribution in [2.24, 2.45) is 5.41 Å². The van der Waals surface area contributed by atoms with E-state index in [9.17, 15) is 14.7 Å². The van der Waals surface area contributed by atoms with Crippen LogP contribution in [-0.2, 0) is 9.59 Å². The summed E-state index contributed by atoms with van der Waals surface area (Å²) in [6, 6.07) is 0. The highest BCUT2D eigenvalue weighted by molar-refractivity contribution is 7.99. The Labute approximate surface area is 108 Å². The van der Waals surface area contributed by atoms with Gasteiger partial charge in [0, 0.05) is 18.2 Å². The van der Waals surface area contributed by atoms with Gasteiger partial charge in [-0.25, -0.2) is 0 Å². The van der Waals surface area contributed by atoms with Crippen molar-refractivity contribution in [2.75, 3.05) is 12.8 Å². The Morgan fingerprint density at radius 1 is 1.35 bits per heavy atom. The molecular formula is C12H23NO3S. The molecule has 100 valence electrons. The van der Waals surface area contributed by atoms with Crippen molar-refractivity contribution in [3.63, 3.8) is 0 Å². The van der Waals surface area contributed by atoms with Gasteiger partial charge in [-0.2, -0.15) is 11.8 Å². The lowest BCUT2D eigenvalue weighted by Crippen LogP contribution is -2.38. The Hall–Kier alpha value is -0.710. The third-order valence-corrected chi connectivity index (χ3v) is 4.27. The summed E-state index contributed by atoms with van der Waals surface area (Å²) < 4.78 is 0. The van der Waals surface area contributed by atoms with Crippen molar-refractivity contribution in [3.05, 3.63) is 0 Å². The van der Waals surface area contributed by atoms with Gasteiger partial charge in [-0.15, -0.1) is 0 Å². The quantitative estimate of drug-likeness (QED) is 0.702. The normalized spacial score (nSPS) is 13.2. The van der Waals surface area contributed by atoms with Gasteiger partial charge in [0.1, 0.15) is 0 Å². The smallest absolute Gasteiger partial charge is 0.310 e. The van der Waals surface area contributed by atoms with E-state index in [0.717, 1.165) is 0 Å². The van der Waals surface area contributed by atoms with Gasteiger partial charge in [-0.1, -0.05) is 20.8 Å². The fourth-order valence-electron chi connectivity index (χ4n) is 1.59. The Bertz CT molecular complexity index is 264. The lowest BCUT2D eigenvalue weighted by molar-refractivity contribution is -0.152. The molecule has 0 aliphatic carbocycles. The zero-order valence-electron chi connectivity index (χ0n) is 11.1. The van der Waals surface area contributed by atoms with E-state index in [1.807, 2.05) is 27.0 Å². The van der Waals surface area contributed by atoms with Crippen molar-refractivity contribution < 1.29 is 14.7 Å². The number of aliphatic carboxylic acids is 1. The van der Waals surface area contributed by atoms with Crippen molar-refractivity contribution >= 4 is 23.6 Å². The SMILES string of the molecule is CCC(CC)(CC(=O)NCC(C)SC)C(=O)O. The molecule has 1 atom stereocenters. The summed E-state index contributed by atoms with van der Waals surface area (Å²) in [5, 5.41) is 12.3.